The van der Waals surface area contributed by atoms with Gasteiger partial charge in [-0.1, -0.05) is 72.8 Å². The van der Waals surface area contributed by atoms with Gasteiger partial charge in [0.2, 0.25) is 5.95 Å². The van der Waals surface area contributed by atoms with Crippen LogP contribution in [0.1, 0.15) is 39.8 Å². The van der Waals surface area contributed by atoms with E-state index in [0.29, 0.717) is 18.7 Å². The molecule has 4 aromatic rings. The lowest BCUT2D eigenvalue weighted by Gasteiger charge is -2.12. The fourth-order valence-electron chi connectivity index (χ4n) is 3.79. The summed E-state index contributed by atoms with van der Waals surface area (Å²) in [4.78, 5) is 31.1. The fraction of sp³-hybridized carbons (Fsp3) is 0.207. The van der Waals surface area contributed by atoms with E-state index in [1.54, 1.807) is 14.0 Å². The highest BCUT2D eigenvalue weighted by atomic mass is 16.6. The summed E-state index contributed by atoms with van der Waals surface area (Å²) < 4.78 is 17.3. The van der Waals surface area contributed by atoms with Gasteiger partial charge in [-0.05, 0) is 35.7 Å². The van der Waals surface area contributed by atoms with Gasteiger partial charge in [-0.2, -0.15) is 0 Å². The van der Waals surface area contributed by atoms with E-state index in [2.05, 4.69) is 10.3 Å². The van der Waals surface area contributed by atoms with Crippen LogP contribution in [0.25, 0.3) is 0 Å². The Hall–Kier alpha value is -4.59. The van der Waals surface area contributed by atoms with Crippen LogP contribution in [0.3, 0.4) is 0 Å². The Bertz CT molecular complexity index is 1320. The van der Waals surface area contributed by atoms with Crippen LogP contribution in [0.2, 0.25) is 0 Å². The Kier molecular flexibility index (Phi) is 8.54. The van der Waals surface area contributed by atoms with Gasteiger partial charge in [0.15, 0.2) is 5.69 Å². The lowest BCUT2D eigenvalue weighted by molar-refractivity contribution is 0.0509. The maximum atomic E-state index is 13.4. The van der Waals surface area contributed by atoms with Gasteiger partial charge in [0.25, 0.3) is 0 Å². The second-order valence-electron chi connectivity index (χ2n) is 8.19. The third kappa shape index (κ3) is 6.55. The SMILES string of the molecule is CCOC(=O)c1c(Cc2ccc(OC)cc2)nc(NCc2ccccc2)n1C(=O)OCc1ccccc1. The Morgan fingerprint density at radius 3 is 2.11 bits per heavy atom. The normalized spacial score (nSPS) is 10.5. The first-order valence-corrected chi connectivity index (χ1v) is 12.0. The summed E-state index contributed by atoms with van der Waals surface area (Å²) >= 11 is 0. The van der Waals surface area contributed by atoms with Gasteiger partial charge < -0.3 is 19.5 Å². The van der Waals surface area contributed by atoms with Crippen LogP contribution in [-0.2, 0) is 29.0 Å². The molecule has 0 amide bonds. The van der Waals surface area contributed by atoms with Crippen LogP contribution in [0.4, 0.5) is 10.7 Å². The molecule has 4 rings (SSSR count). The first kappa shape index (κ1) is 25.5. The number of nitrogens with one attached hydrogen (secondary N) is 1. The molecule has 0 spiro atoms. The van der Waals surface area contributed by atoms with Gasteiger partial charge in [0.1, 0.15) is 12.4 Å². The number of hydrogen-bond donors (Lipinski definition) is 1. The van der Waals surface area contributed by atoms with E-state index in [1.165, 1.54) is 4.57 Å². The topological polar surface area (TPSA) is 91.7 Å². The van der Waals surface area contributed by atoms with Crippen LogP contribution in [0, 0.1) is 0 Å². The average molecular weight is 500 g/mol. The van der Waals surface area contributed by atoms with Crippen molar-refractivity contribution in [1.29, 1.82) is 0 Å². The number of imidazole rings is 1. The van der Waals surface area contributed by atoms with Gasteiger partial charge in [-0.25, -0.2) is 19.1 Å². The summed E-state index contributed by atoms with van der Waals surface area (Å²) in [6.07, 6.45) is -0.423. The maximum Gasteiger partial charge on any atom is 0.421 e. The van der Waals surface area contributed by atoms with Crippen LogP contribution < -0.4 is 10.1 Å². The van der Waals surface area contributed by atoms with Crippen LogP contribution >= 0.6 is 0 Å². The molecule has 37 heavy (non-hydrogen) atoms. The summed E-state index contributed by atoms with van der Waals surface area (Å²) in [7, 11) is 1.60. The van der Waals surface area contributed by atoms with Crippen molar-refractivity contribution < 1.29 is 23.8 Å². The molecule has 8 nitrogen and oxygen atoms in total. The number of methoxy groups -OCH3 is 1. The summed E-state index contributed by atoms with van der Waals surface area (Å²) in [5.74, 6) is 0.269. The highest BCUT2D eigenvalue weighted by Crippen LogP contribution is 2.23. The molecule has 190 valence electrons. The molecule has 0 saturated carbocycles. The van der Waals surface area contributed by atoms with Crippen molar-refractivity contribution in [3.8, 4) is 5.75 Å². The minimum absolute atomic E-state index is 0.0336. The smallest absolute Gasteiger partial charge is 0.421 e. The van der Waals surface area contributed by atoms with E-state index < -0.39 is 12.1 Å². The van der Waals surface area contributed by atoms with Crippen molar-refractivity contribution >= 4 is 18.0 Å². The molecule has 0 aliphatic carbocycles. The number of carbonyl (C=O) groups is 2. The van der Waals surface area contributed by atoms with Crippen molar-refractivity contribution in [2.24, 2.45) is 0 Å². The Morgan fingerprint density at radius 2 is 1.49 bits per heavy atom. The number of rotatable bonds is 10. The zero-order valence-corrected chi connectivity index (χ0v) is 20.8. The molecule has 0 unspecified atom stereocenters. The molecule has 8 heteroatoms. The molecule has 0 aliphatic rings. The number of esters is 1. The van der Waals surface area contributed by atoms with Crippen molar-refractivity contribution in [2.45, 2.75) is 26.5 Å². The highest BCUT2D eigenvalue weighted by molar-refractivity contribution is 5.94. The second kappa shape index (κ2) is 12.4. The van der Waals surface area contributed by atoms with E-state index in [1.807, 2.05) is 84.9 Å². The van der Waals surface area contributed by atoms with E-state index >= 15 is 0 Å². The van der Waals surface area contributed by atoms with Crippen LogP contribution in [-0.4, -0.2) is 35.3 Å². The number of anilines is 1. The molecular formula is C29H29N3O5. The molecule has 3 aromatic carbocycles. The third-order valence-electron chi connectivity index (χ3n) is 5.63. The fourth-order valence-corrected chi connectivity index (χ4v) is 3.79. The quantitative estimate of drug-likeness (QED) is 0.290. The summed E-state index contributed by atoms with van der Waals surface area (Å²) in [5.41, 5.74) is 3.14. The number of aromatic nitrogens is 2. The number of carbonyl (C=O) groups excluding carboxylic acids is 2. The molecule has 1 N–H and O–H groups in total. The zero-order chi connectivity index (χ0) is 26.0. The first-order chi connectivity index (χ1) is 18.1. The average Bonchev–Trinajstić information content (AvgIpc) is 3.30. The van der Waals surface area contributed by atoms with E-state index in [4.69, 9.17) is 14.2 Å². The molecule has 0 fully saturated rings. The number of nitrogens with zero attached hydrogens (tertiary/aromatic N) is 2. The molecule has 0 atom stereocenters. The lowest BCUT2D eigenvalue weighted by Crippen LogP contribution is -2.23. The number of ether oxygens (including phenoxy) is 3. The van der Waals surface area contributed by atoms with Gasteiger partial charge in [0, 0.05) is 13.0 Å². The van der Waals surface area contributed by atoms with E-state index in [-0.39, 0.29) is 24.9 Å². The first-order valence-electron chi connectivity index (χ1n) is 12.0. The van der Waals surface area contributed by atoms with Gasteiger partial charge in [-0.15, -0.1) is 0 Å². The summed E-state index contributed by atoms with van der Waals surface area (Å²) in [5, 5.41) is 3.19. The Balaban J connectivity index is 1.70. The van der Waals surface area contributed by atoms with Gasteiger partial charge >= 0.3 is 12.1 Å². The largest absolute Gasteiger partial charge is 0.497 e. The lowest BCUT2D eigenvalue weighted by atomic mass is 10.1. The van der Waals surface area contributed by atoms with Crippen LogP contribution in [0.15, 0.2) is 84.9 Å². The van der Waals surface area contributed by atoms with Crippen molar-refractivity contribution in [2.75, 3.05) is 19.0 Å². The van der Waals surface area contributed by atoms with E-state index in [0.717, 1.165) is 22.4 Å². The molecule has 0 saturated heterocycles. The highest BCUT2D eigenvalue weighted by Gasteiger charge is 2.29. The van der Waals surface area contributed by atoms with Crippen LogP contribution in [0.5, 0.6) is 5.75 Å². The van der Waals surface area contributed by atoms with Gasteiger partial charge in [-0.3, -0.25) is 0 Å². The predicted octanol–water partition coefficient (Wildman–Crippen LogP) is 5.46. The second-order valence-corrected chi connectivity index (χ2v) is 8.19. The Morgan fingerprint density at radius 1 is 0.838 bits per heavy atom. The summed E-state index contributed by atoms with van der Waals surface area (Å²) in [6.45, 7) is 2.31. The molecular weight excluding hydrogens is 470 g/mol. The number of benzene rings is 3. The van der Waals surface area contributed by atoms with Crippen molar-refractivity contribution in [1.82, 2.24) is 9.55 Å². The maximum absolute atomic E-state index is 13.4. The predicted molar refractivity (Wildman–Crippen MR) is 140 cm³/mol. The molecule has 1 aromatic heterocycles. The Labute approximate surface area is 215 Å². The minimum Gasteiger partial charge on any atom is -0.497 e. The standard InChI is InChI=1S/C29H29N3O5/c1-3-36-27(33)26-25(18-21-14-16-24(35-2)17-15-21)31-28(30-19-22-10-6-4-7-11-22)32(26)29(34)37-20-23-12-8-5-9-13-23/h4-17H,3,18-20H2,1-2H3,(H,30,31). The molecule has 0 radical (unpaired) electrons. The minimum atomic E-state index is -0.726. The monoisotopic (exact) mass is 499 g/mol. The molecule has 0 aliphatic heterocycles. The zero-order valence-electron chi connectivity index (χ0n) is 20.8. The van der Waals surface area contributed by atoms with Crippen molar-refractivity contribution in [3.63, 3.8) is 0 Å². The van der Waals surface area contributed by atoms with E-state index in [9.17, 15) is 9.59 Å². The summed E-state index contributed by atoms with van der Waals surface area (Å²) in [6, 6.07) is 26.5. The van der Waals surface area contributed by atoms with Gasteiger partial charge in [0.05, 0.1) is 19.4 Å². The van der Waals surface area contributed by atoms with Crippen molar-refractivity contribution in [3.05, 3.63) is 113 Å². The molecule has 0 bridgehead atoms. The molecule has 1 heterocycles. The third-order valence-corrected chi connectivity index (χ3v) is 5.63. The number of hydrogen-bond acceptors (Lipinski definition) is 7.